The number of cyclic esters (lactones) is 1. The lowest BCUT2D eigenvalue weighted by atomic mass is 9.34. The number of hydrogen-bond donors (Lipinski definition) is 4. The van der Waals surface area contributed by atoms with Gasteiger partial charge in [0.15, 0.2) is 11.7 Å². The van der Waals surface area contributed by atoms with E-state index in [1.54, 1.807) is 26.8 Å². The van der Waals surface area contributed by atoms with Crippen molar-refractivity contribution in [2.24, 2.45) is 22.2 Å². The van der Waals surface area contributed by atoms with Crippen molar-refractivity contribution < 1.29 is 67.6 Å². The average molecular weight is 633 g/mol. The first-order valence-electron chi connectivity index (χ1n) is 15.0. The monoisotopic (exact) mass is 632 g/mol. The van der Waals surface area contributed by atoms with Crippen molar-refractivity contribution in [1.29, 1.82) is 0 Å². The van der Waals surface area contributed by atoms with Gasteiger partial charge in [0.2, 0.25) is 0 Å². The summed E-state index contributed by atoms with van der Waals surface area (Å²) < 4.78 is 42.0. The predicted octanol–water partition coefficient (Wildman–Crippen LogP) is 0.159. The van der Waals surface area contributed by atoms with E-state index in [9.17, 15) is 34.8 Å². The fourth-order valence-corrected chi connectivity index (χ4v) is 11.5. The van der Waals surface area contributed by atoms with Crippen molar-refractivity contribution >= 4 is 17.9 Å². The summed E-state index contributed by atoms with van der Waals surface area (Å²) in [4.78, 5) is 39.3. The molecule has 4 aliphatic carbocycles. The molecule has 244 valence electrons. The van der Waals surface area contributed by atoms with Crippen molar-refractivity contribution in [3.8, 4) is 0 Å². The molecule has 4 heterocycles. The normalized spacial score (nSPS) is 55.4. The zero-order valence-electron chi connectivity index (χ0n) is 25.6. The van der Waals surface area contributed by atoms with Gasteiger partial charge in [-0.05, 0) is 25.0 Å². The van der Waals surface area contributed by atoms with E-state index >= 15 is 0 Å². The molecule has 8 rings (SSSR count). The van der Waals surface area contributed by atoms with Gasteiger partial charge in [-0.1, -0.05) is 13.8 Å². The second-order valence-corrected chi connectivity index (χ2v) is 14.6. The number of aliphatic hydroxyl groups is 4. The average Bonchev–Trinajstić information content (AvgIpc) is 3.73. The van der Waals surface area contributed by atoms with Crippen LogP contribution in [-0.4, -0.2) is 98.2 Å². The van der Waals surface area contributed by atoms with Crippen LogP contribution in [-0.2, 0) is 42.8 Å². The Kier molecular flexibility index (Phi) is 5.24. The number of aliphatic hydroxyl groups excluding tert-OH is 2. The number of carbonyl (C=O) groups is 3. The van der Waals surface area contributed by atoms with Crippen LogP contribution in [0.1, 0.15) is 59.1 Å². The number of carbonyl (C=O) groups excluding carboxylic acids is 3. The third-order valence-corrected chi connectivity index (χ3v) is 12.9. The van der Waals surface area contributed by atoms with E-state index < -0.39 is 99.0 Å². The van der Waals surface area contributed by atoms with Crippen LogP contribution in [0.3, 0.4) is 0 Å². The minimum Gasteiger partial charge on any atom is -0.472 e. The molecule has 0 radical (unpaired) electrons. The molecule has 45 heavy (non-hydrogen) atoms. The number of hydrogen-bond acceptors (Lipinski definition) is 14. The van der Waals surface area contributed by atoms with Gasteiger partial charge in [0.05, 0.1) is 31.2 Å². The van der Waals surface area contributed by atoms with Crippen molar-refractivity contribution in [3.05, 3.63) is 35.8 Å². The fourth-order valence-electron chi connectivity index (χ4n) is 11.5. The molecule has 7 aliphatic rings. The molecular weight excluding hydrogens is 596 g/mol. The maximum absolute atomic E-state index is 13.5. The molecule has 1 unspecified atom stereocenters. The molecule has 0 amide bonds. The van der Waals surface area contributed by atoms with Gasteiger partial charge in [-0.15, -0.1) is 0 Å². The zero-order valence-corrected chi connectivity index (χ0v) is 25.6. The van der Waals surface area contributed by atoms with Gasteiger partial charge in [0, 0.05) is 48.7 Å². The third-order valence-electron chi connectivity index (χ3n) is 12.9. The smallest absolute Gasteiger partial charge is 0.335 e. The fraction of sp³-hybridized carbons (Fsp3) is 0.710. The van der Waals surface area contributed by atoms with Crippen LogP contribution in [0.15, 0.2) is 34.7 Å². The van der Waals surface area contributed by atoms with Crippen LogP contribution in [0.5, 0.6) is 0 Å². The summed E-state index contributed by atoms with van der Waals surface area (Å²) in [5.74, 6) is -5.67. The van der Waals surface area contributed by atoms with Crippen LogP contribution in [0.25, 0.3) is 0 Å². The van der Waals surface area contributed by atoms with E-state index in [0.717, 1.165) is 7.11 Å². The van der Waals surface area contributed by atoms with Crippen LogP contribution in [0, 0.1) is 22.2 Å². The number of ether oxygens (including phenoxy) is 6. The van der Waals surface area contributed by atoms with Gasteiger partial charge in [0.1, 0.15) is 35.1 Å². The molecule has 4 N–H and O–H groups in total. The molecule has 14 atom stereocenters. The predicted molar refractivity (Wildman–Crippen MR) is 143 cm³/mol. The molecule has 14 heteroatoms. The third kappa shape index (κ3) is 2.65. The lowest BCUT2D eigenvalue weighted by Crippen LogP contribution is -2.93. The molecule has 3 aliphatic heterocycles. The van der Waals surface area contributed by atoms with Gasteiger partial charge in [0.25, 0.3) is 5.97 Å². The largest absolute Gasteiger partial charge is 0.472 e. The van der Waals surface area contributed by atoms with Crippen LogP contribution in [0.4, 0.5) is 0 Å². The lowest BCUT2D eigenvalue weighted by molar-refractivity contribution is -0.449. The van der Waals surface area contributed by atoms with Crippen molar-refractivity contribution in [3.63, 3.8) is 0 Å². The molecule has 4 bridgehead atoms. The highest BCUT2D eigenvalue weighted by atomic mass is 16.9. The van der Waals surface area contributed by atoms with E-state index in [1.165, 1.54) is 32.4 Å². The minimum absolute atomic E-state index is 0.178. The summed E-state index contributed by atoms with van der Waals surface area (Å²) >= 11 is 0. The summed E-state index contributed by atoms with van der Waals surface area (Å²) in [5.41, 5.74) is -12.6. The number of esters is 3. The van der Waals surface area contributed by atoms with Crippen molar-refractivity contribution in [2.45, 2.75) is 106 Å². The molecule has 2 saturated heterocycles. The number of methoxy groups -OCH3 is 1. The molecule has 4 saturated carbocycles. The maximum atomic E-state index is 13.5. The first-order chi connectivity index (χ1) is 20.9. The van der Waals surface area contributed by atoms with Crippen molar-refractivity contribution in [2.75, 3.05) is 7.11 Å². The Labute approximate surface area is 257 Å². The van der Waals surface area contributed by atoms with E-state index in [2.05, 4.69) is 0 Å². The first-order valence-corrected chi connectivity index (χ1v) is 15.0. The number of rotatable bonds is 4. The maximum Gasteiger partial charge on any atom is 0.335 e. The molecular formula is C31H36O14. The molecule has 1 aromatic rings. The SMILES string of the molecule is COC(=O)[C@H](O)[C@H]1[C@@]2(C)C[C@]3(O)[C@@](O)([C@H]4OC5(C)O[C@@]6(C[C@H](OC(C)=O)[C@]7(C)C(=CC(=O)O[C@H]7c7ccoc7)[C@@]46O5)[C@]13C)[C@H]2O. The Hall–Kier alpha value is -2.85. The Balaban J connectivity index is 1.48. The number of furan rings is 1. The van der Waals surface area contributed by atoms with E-state index in [4.69, 9.17) is 32.8 Å². The highest BCUT2D eigenvalue weighted by Crippen LogP contribution is 2.87. The van der Waals surface area contributed by atoms with Gasteiger partial charge in [-0.3, -0.25) is 4.79 Å². The Morgan fingerprint density at radius 3 is 2.47 bits per heavy atom. The van der Waals surface area contributed by atoms with Crippen LogP contribution < -0.4 is 0 Å². The summed E-state index contributed by atoms with van der Waals surface area (Å²) in [7, 11) is 1.10. The Morgan fingerprint density at radius 1 is 1.13 bits per heavy atom. The lowest BCUT2D eigenvalue weighted by Gasteiger charge is -2.76. The second kappa shape index (κ2) is 7.98. The molecule has 1 aromatic heterocycles. The summed E-state index contributed by atoms with van der Waals surface area (Å²) in [6, 6.07) is 1.61. The molecule has 0 aromatic carbocycles. The van der Waals surface area contributed by atoms with Gasteiger partial charge >= 0.3 is 17.9 Å². The molecule has 1 spiro atoms. The first kappa shape index (κ1) is 29.5. The number of fused-ring (bicyclic) bond motifs is 4. The second-order valence-electron chi connectivity index (χ2n) is 14.6. The zero-order chi connectivity index (χ0) is 32.5. The summed E-state index contributed by atoms with van der Waals surface area (Å²) in [5, 5.41) is 49.4. The minimum atomic E-state index is -2.46. The van der Waals surface area contributed by atoms with E-state index in [-0.39, 0.29) is 18.4 Å². The molecule has 6 fully saturated rings. The van der Waals surface area contributed by atoms with Gasteiger partial charge < -0.3 is 53.3 Å². The van der Waals surface area contributed by atoms with Gasteiger partial charge in [-0.25, -0.2) is 9.59 Å². The summed E-state index contributed by atoms with van der Waals surface area (Å²) in [6.07, 6.45) is -3.88. The quantitative estimate of drug-likeness (QED) is 0.258. The standard InChI is InChI=1S/C31H36O14/c1-13(32)41-16-10-29-26(4)19(18(34)21(35)39-6)24(2)12-28(26,37)30(38,22(24)36)23-31(29,45-27(5,43-23)44-29)15-9-17(33)42-20(25(15,16)3)14-7-8-40-11-14/h7-9,11,16,18-20,22-23,34,36-38H,10,12H2,1-6H3/t16-,18+,19-,20-,22-,23+,24+,25-,26+,27?,28+,29-,30-,31+/m0/s1. The van der Waals surface area contributed by atoms with Crippen molar-refractivity contribution in [1.82, 2.24) is 0 Å². The van der Waals surface area contributed by atoms with Crippen LogP contribution >= 0.6 is 0 Å². The Bertz CT molecular complexity index is 1590. The molecule has 14 nitrogen and oxygen atoms in total. The van der Waals surface area contributed by atoms with E-state index in [0.29, 0.717) is 5.56 Å². The Morgan fingerprint density at radius 2 is 1.84 bits per heavy atom. The highest BCUT2D eigenvalue weighted by Gasteiger charge is 3.02. The van der Waals surface area contributed by atoms with Gasteiger partial charge in [-0.2, -0.15) is 0 Å². The summed E-state index contributed by atoms with van der Waals surface area (Å²) in [6.45, 7) is 7.56. The highest BCUT2D eigenvalue weighted by molar-refractivity contribution is 5.86. The van der Waals surface area contributed by atoms with E-state index in [1.807, 2.05) is 0 Å². The van der Waals surface area contributed by atoms with Crippen LogP contribution in [0.2, 0.25) is 0 Å². The topological polar surface area (TPSA) is 201 Å².